The standard InChI is InChI=1S/C31H38N6O.C2H6/c1-7-8-23(11-9-20(3)32)36-30-21(4)29(37-25-12-10-22(33)17-31(5,6)18-25)27(16-28(30)38)35-24-13-14-26(34)19(2)15-24;1-2/h7-18,32,35,37-38H,33-34H2,1-6H3;1-2H3/b8-7-,11-9-,32-20?,36-23?;. The average Bonchev–Trinajstić information content (AvgIpc) is 3.01. The molecule has 0 saturated heterocycles. The van der Waals surface area contributed by atoms with Gasteiger partial charge in [0.2, 0.25) is 0 Å². The van der Waals surface area contributed by atoms with Gasteiger partial charge in [-0.2, -0.15) is 0 Å². The second kappa shape index (κ2) is 14.0. The Kier molecular flexibility index (Phi) is 11.1. The zero-order valence-corrected chi connectivity index (χ0v) is 25.0. The Morgan fingerprint density at radius 2 is 1.70 bits per heavy atom. The number of phenols is 1. The summed E-state index contributed by atoms with van der Waals surface area (Å²) in [6.07, 6.45) is 15.1. The Morgan fingerprint density at radius 1 is 1.00 bits per heavy atom. The number of hydrogen-bond acceptors (Lipinski definition) is 7. The van der Waals surface area contributed by atoms with E-state index < -0.39 is 0 Å². The van der Waals surface area contributed by atoms with E-state index in [4.69, 9.17) is 21.9 Å². The molecule has 0 heterocycles. The van der Waals surface area contributed by atoms with Crippen molar-refractivity contribution < 1.29 is 5.11 Å². The van der Waals surface area contributed by atoms with Gasteiger partial charge in [-0.05, 0) is 81.8 Å². The minimum absolute atomic E-state index is 0.0290. The summed E-state index contributed by atoms with van der Waals surface area (Å²) >= 11 is 0. The minimum Gasteiger partial charge on any atom is -0.506 e. The van der Waals surface area contributed by atoms with Crippen LogP contribution in [0.15, 0.2) is 89.3 Å². The third-order valence-corrected chi connectivity index (χ3v) is 5.95. The molecule has 0 aliphatic heterocycles. The Labute approximate surface area is 239 Å². The predicted octanol–water partition coefficient (Wildman–Crippen LogP) is 8.34. The zero-order valence-electron chi connectivity index (χ0n) is 25.0. The Balaban J connectivity index is 0.00000274. The lowest BCUT2D eigenvalue weighted by Gasteiger charge is -2.22. The molecule has 0 saturated carbocycles. The van der Waals surface area contributed by atoms with Gasteiger partial charge in [0.25, 0.3) is 0 Å². The molecule has 8 N–H and O–H groups in total. The van der Waals surface area contributed by atoms with E-state index in [1.807, 2.05) is 83.2 Å². The molecule has 40 heavy (non-hydrogen) atoms. The lowest BCUT2D eigenvalue weighted by Crippen LogP contribution is -2.09. The predicted molar refractivity (Wildman–Crippen MR) is 174 cm³/mol. The van der Waals surface area contributed by atoms with Crippen molar-refractivity contribution >= 4 is 39.9 Å². The maximum absolute atomic E-state index is 11.1. The van der Waals surface area contributed by atoms with Crippen molar-refractivity contribution in [1.29, 1.82) is 5.41 Å². The number of aliphatic imine (C=N–C) groups is 1. The van der Waals surface area contributed by atoms with Crippen LogP contribution in [-0.2, 0) is 0 Å². The van der Waals surface area contributed by atoms with Crippen LogP contribution in [0.1, 0.15) is 52.7 Å². The highest BCUT2D eigenvalue weighted by atomic mass is 16.3. The van der Waals surface area contributed by atoms with Crippen LogP contribution in [0.25, 0.3) is 0 Å². The summed E-state index contributed by atoms with van der Waals surface area (Å²) in [5.74, 6) is 0.0290. The Morgan fingerprint density at radius 3 is 2.33 bits per heavy atom. The first-order chi connectivity index (χ1) is 18.9. The van der Waals surface area contributed by atoms with E-state index in [0.717, 1.165) is 28.2 Å². The smallest absolute Gasteiger partial charge is 0.143 e. The fourth-order valence-corrected chi connectivity index (χ4v) is 4.12. The topological polar surface area (TPSA) is 133 Å². The van der Waals surface area contributed by atoms with Crippen molar-refractivity contribution in [2.75, 3.05) is 16.4 Å². The van der Waals surface area contributed by atoms with Gasteiger partial charge in [-0.3, -0.25) is 0 Å². The van der Waals surface area contributed by atoms with E-state index in [-0.39, 0.29) is 11.2 Å². The first kappa shape index (κ1) is 31.7. The molecule has 7 nitrogen and oxygen atoms in total. The molecule has 0 spiro atoms. The SMILES string of the molecule is C/C=C\C(/C=C\C(C)=N)=Nc1c(O)cc(Nc2ccc(N)c(C)c2)c(NC2=CC(C)(C)C=C(N)C=C2)c1C.CC. The molecule has 0 amide bonds. The van der Waals surface area contributed by atoms with Crippen LogP contribution in [0.5, 0.6) is 5.75 Å². The second-order valence-electron chi connectivity index (χ2n) is 10.1. The van der Waals surface area contributed by atoms with Crippen LogP contribution >= 0.6 is 0 Å². The molecule has 2 aromatic rings. The maximum atomic E-state index is 11.1. The number of rotatable bonds is 8. The summed E-state index contributed by atoms with van der Waals surface area (Å²) in [5, 5.41) is 25.8. The number of nitrogens with one attached hydrogen (secondary N) is 3. The molecule has 1 aliphatic carbocycles. The Hall–Kier alpha value is -4.52. The van der Waals surface area contributed by atoms with Crippen molar-refractivity contribution in [3.05, 3.63) is 95.4 Å². The number of benzene rings is 2. The number of anilines is 4. The lowest BCUT2D eigenvalue weighted by molar-refractivity contribution is 0.477. The van der Waals surface area contributed by atoms with Crippen LogP contribution in [0.2, 0.25) is 0 Å². The zero-order chi connectivity index (χ0) is 30.0. The van der Waals surface area contributed by atoms with E-state index in [0.29, 0.717) is 34.2 Å². The summed E-state index contributed by atoms with van der Waals surface area (Å²) in [4.78, 5) is 4.75. The first-order valence-electron chi connectivity index (χ1n) is 13.5. The summed E-state index contributed by atoms with van der Waals surface area (Å²) in [5.41, 5.74) is 19.6. The fourth-order valence-electron chi connectivity index (χ4n) is 4.12. The molecule has 0 aromatic heterocycles. The molecule has 212 valence electrons. The summed E-state index contributed by atoms with van der Waals surface area (Å²) < 4.78 is 0. The van der Waals surface area contributed by atoms with Crippen molar-refractivity contribution in [2.24, 2.45) is 16.1 Å². The highest BCUT2D eigenvalue weighted by Crippen LogP contribution is 2.43. The average molecular weight is 541 g/mol. The highest BCUT2D eigenvalue weighted by molar-refractivity contribution is 6.09. The van der Waals surface area contributed by atoms with Crippen molar-refractivity contribution in [1.82, 2.24) is 0 Å². The van der Waals surface area contributed by atoms with Crippen molar-refractivity contribution in [3.8, 4) is 5.75 Å². The Bertz CT molecular complexity index is 1420. The molecule has 0 unspecified atom stereocenters. The second-order valence-corrected chi connectivity index (χ2v) is 10.1. The van der Waals surface area contributed by atoms with Crippen LogP contribution in [0, 0.1) is 24.7 Å². The quantitative estimate of drug-likeness (QED) is 0.114. The number of aryl methyl sites for hydroxylation is 1. The normalized spacial score (nSPS) is 14.8. The molecular weight excluding hydrogens is 496 g/mol. The van der Waals surface area contributed by atoms with Gasteiger partial charge in [0.15, 0.2) is 0 Å². The summed E-state index contributed by atoms with van der Waals surface area (Å²) in [6.45, 7) is 15.6. The van der Waals surface area contributed by atoms with Gasteiger partial charge in [-0.15, -0.1) is 0 Å². The van der Waals surface area contributed by atoms with Gasteiger partial charge in [0.1, 0.15) is 11.4 Å². The molecular formula is C33H44N6O. The summed E-state index contributed by atoms with van der Waals surface area (Å²) in [7, 11) is 0. The fraction of sp³-hybridized carbons (Fsp3) is 0.273. The number of aromatic hydroxyl groups is 1. The van der Waals surface area contributed by atoms with Crippen LogP contribution in [0.3, 0.4) is 0 Å². The van der Waals surface area contributed by atoms with Gasteiger partial charge < -0.3 is 32.6 Å². The minimum atomic E-state index is -0.266. The lowest BCUT2D eigenvalue weighted by atomic mass is 9.92. The van der Waals surface area contributed by atoms with E-state index in [1.165, 1.54) is 0 Å². The van der Waals surface area contributed by atoms with Crippen LogP contribution in [0.4, 0.5) is 28.4 Å². The molecule has 0 fully saturated rings. The number of nitrogens with zero attached hydrogens (tertiary/aromatic N) is 1. The van der Waals surface area contributed by atoms with Crippen LogP contribution < -0.4 is 22.1 Å². The number of nitrogen functional groups attached to an aromatic ring is 1. The van der Waals surface area contributed by atoms with Gasteiger partial charge in [-0.1, -0.05) is 45.9 Å². The first-order valence-corrected chi connectivity index (χ1v) is 13.5. The third-order valence-electron chi connectivity index (χ3n) is 5.95. The largest absolute Gasteiger partial charge is 0.506 e. The van der Waals surface area contributed by atoms with Gasteiger partial charge in [0.05, 0.1) is 17.1 Å². The summed E-state index contributed by atoms with van der Waals surface area (Å²) in [6, 6.07) is 7.38. The molecule has 2 aromatic carbocycles. The van der Waals surface area contributed by atoms with E-state index in [1.54, 1.807) is 25.1 Å². The van der Waals surface area contributed by atoms with E-state index in [9.17, 15) is 5.11 Å². The number of hydrogen-bond donors (Lipinski definition) is 6. The van der Waals surface area contributed by atoms with E-state index >= 15 is 0 Å². The van der Waals surface area contributed by atoms with Crippen LogP contribution in [-0.4, -0.2) is 16.5 Å². The van der Waals surface area contributed by atoms with Crippen molar-refractivity contribution in [3.63, 3.8) is 0 Å². The molecule has 7 heteroatoms. The molecule has 0 bridgehead atoms. The molecule has 1 aliphatic rings. The highest BCUT2D eigenvalue weighted by Gasteiger charge is 2.19. The monoisotopic (exact) mass is 540 g/mol. The molecule has 3 rings (SSSR count). The maximum Gasteiger partial charge on any atom is 0.143 e. The van der Waals surface area contributed by atoms with Gasteiger partial charge in [-0.25, -0.2) is 4.99 Å². The van der Waals surface area contributed by atoms with Gasteiger partial charge >= 0.3 is 0 Å². The van der Waals surface area contributed by atoms with Crippen molar-refractivity contribution in [2.45, 2.75) is 55.4 Å². The number of allylic oxidation sites excluding steroid dienone is 8. The van der Waals surface area contributed by atoms with Gasteiger partial charge in [0, 0.05) is 45.5 Å². The number of phenolic OH excluding ortho intramolecular Hbond substituents is 1. The number of nitrogens with two attached hydrogens (primary N) is 2. The molecule has 0 radical (unpaired) electrons. The third kappa shape index (κ3) is 8.76. The molecule has 0 atom stereocenters. The van der Waals surface area contributed by atoms with E-state index in [2.05, 4.69) is 30.6 Å².